The molecule has 1 heterocycles. The number of esters is 1. The van der Waals surface area contributed by atoms with E-state index in [4.69, 9.17) is 9.15 Å². The number of hydrogen-bond acceptors (Lipinski definition) is 4. The molecule has 5 nitrogen and oxygen atoms in total. The standard InChI is InChI=1S/C24H17F6NO4/c1-2-34-21(32)9-6-14-4-3-5-18(10-14)31-22(33)20-8-7-19(35-20)15-11-16(23(25,26)27)13-17(12-15)24(28,29)30/h3-13H,2H2,1H3,(H,31,33)/b9-6+. The zero-order valence-electron chi connectivity index (χ0n) is 18.0. The molecule has 0 saturated heterocycles. The number of nitrogens with one attached hydrogen (secondary N) is 1. The summed E-state index contributed by atoms with van der Waals surface area (Å²) >= 11 is 0. The number of carbonyl (C=O) groups is 2. The van der Waals surface area contributed by atoms with Gasteiger partial charge in [0.2, 0.25) is 0 Å². The Labute approximate surface area is 195 Å². The molecule has 0 aliphatic heterocycles. The van der Waals surface area contributed by atoms with Crippen molar-refractivity contribution in [3.05, 3.63) is 83.1 Å². The molecule has 11 heteroatoms. The molecule has 184 valence electrons. The molecule has 0 radical (unpaired) electrons. The van der Waals surface area contributed by atoms with Gasteiger partial charge >= 0.3 is 18.3 Å². The van der Waals surface area contributed by atoms with Crippen LogP contribution in [0, 0.1) is 0 Å². The van der Waals surface area contributed by atoms with Crippen LogP contribution in [-0.4, -0.2) is 18.5 Å². The molecule has 35 heavy (non-hydrogen) atoms. The van der Waals surface area contributed by atoms with Crippen molar-refractivity contribution in [2.24, 2.45) is 0 Å². The van der Waals surface area contributed by atoms with E-state index >= 15 is 0 Å². The SMILES string of the molecule is CCOC(=O)/C=C/c1cccc(NC(=O)c2ccc(-c3cc(C(F)(F)F)cc(C(F)(F)F)c3)o2)c1. The third kappa shape index (κ3) is 6.75. The molecule has 2 aromatic carbocycles. The number of benzene rings is 2. The Morgan fingerprint density at radius 1 is 0.943 bits per heavy atom. The van der Waals surface area contributed by atoms with Crippen LogP contribution in [0.3, 0.4) is 0 Å². The molecular weight excluding hydrogens is 480 g/mol. The van der Waals surface area contributed by atoms with Gasteiger partial charge in [0.25, 0.3) is 5.91 Å². The molecule has 0 aliphatic rings. The molecule has 0 aliphatic carbocycles. The minimum absolute atomic E-state index is 0.00341. The summed E-state index contributed by atoms with van der Waals surface area (Å²) in [6.45, 7) is 1.87. The second-order valence-corrected chi connectivity index (χ2v) is 7.12. The van der Waals surface area contributed by atoms with Crippen molar-refractivity contribution >= 4 is 23.6 Å². The topological polar surface area (TPSA) is 68.5 Å². The molecule has 0 spiro atoms. The van der Waals surface area contributed by atoms with E-state index in [1.807, 2.05) is 0 Å². The first-order valence-corrected chi connectivity index (χ1v) is 10.0. The lowest BCUT2D eigenvalue weighted by molar-refractivity contribution is -0.143. The van der Waals surface area contributed by atoms with Crippen LogP contribution in [0.1, 0.15) is 34.2 Å². The highest BCUT2D eigenvalue weighted by molar-refractivity contribution is 6.02. The maximum atomic E-state index is 13.1. The third-order valence-electron chi connectivity index (χ3n) is 4.54. The predicted octanol–water partition coefficient (Wildman–Crippen LogP) is 6.81. The quantitative estimate of drug-likeness (QED) is 0.231. The summed E-state index contributed by atoms with van der Waals surface area (Å²) in [7, 11) is 0. The van der Waals surface area contributed by atoms with Gasteiger partial charge in [0.05, 0.1) is 17.7 Å². The fourth-order valence-electron chi connectivity index (χ4n) is 2.98. The first-order chi connectivity index (χ1) is 16.4. The van der Waals surface area contributed by atoms with Crippen molar-refractivity contribution in [1.29, 1.82) is 0 Å². The second-order valence-electron chi connectivity index (χ2n) is 7.12. The molecular formula is C24H17F6NO4. The van der Waals surface area contributed by atoms with Gasteiger partial charge in [-0.2, -0.15) is 26.3 Å². The molecule has 0 saturated carbocycles. The summed E-state index contributed by atoms with van der Waals surface area (Å²) in [5.41, 5.74) is -2.64. The van der Waals surface area contributed by atoms with E-state index in [1.165, 1.54) is 24.3 Å². The molecule has 0 unspecified atom stereocenters. The molecule has 3 aromatic rings. The number of carbonyl (C=O) groups excluding carboxylic acids is 2. The fourth-order valence-corrected chi connectivity index (χ4v) is 2.98. The highest BCUT2D eigenvalue weighted by Gasteiger charge is 2.37. The Hall–Kier alpha value is -4.02. The summed E-state index contributed by atoms with van der Waals surface area (Å²) < 4.78 is 88.7. The zero-order valence-corrected chi connectivity index (χ0v) is 18.0. The Morgan fingerprint density at radius 3 is 2.20 bits per heavy atom. The number of anilines is 1. The van der Waals surface area contributed by atoms with E-state index in [9.17, 15) is 35.9 Å². The summed E-state index contributed by atoms with van der Waals surface area (Å²) in [5.74, 6) is -2.02. The van der Waals surface area contributed by atoms with Gasteiger partial charge in [-0.15, -0.1) is 0 Å². The van der Waals surface area contributed by atoms with Crippen molar-refractivity contribution in [3.63, 3.8) is 0 Å². The molecule has 1 amide bonds. The van der Waals surface area contributed by atoms with Gasteiger partial charge in [-0.05, 0) is 61.0 Å². The van der Waals surface area contributed by atoms with Gasteiger partial charge in [-0.3, -0.25) is 4.79 Å². The van der Waals surface area contributed by atoms with E-state index in [1.54, 1.807) is 19.1 Å². The number of furan rings is 1. The van der Waals surface area contributed by atoms with Gasteiger partial charge in [0.15, 0.2) is 5.76 Å². The summed E-state index contributed by atoms with van der Waals surface area (Å²) in [5, 5.41) is 2.50. The van der Waals surface area contributed by atoms with Crippen LogP contribution in [-0.2, 0) is 21.9 Å². The number of hydrogen-bond donors (Lipinski definition) is 1. The van der Waals surface area contributed by atoms with E-state index in [2.05, 4.69) is 5.32 Å². The molecule has 0 atom stereocenters. The molecule has 0 fully saturated rings. The lowest BCUT2D eigenvalue weighted by atomic mass is 10.0. The Balaban J connectivity index is 1.82. The van der Waals surface area contributed by atoms with Crippen molar-refractivity contribution in [2.75, 3.05) is 11.9 Å². The number of halogens is 6. The van der Waals surface area contributed by atoms with Crippen LogP contribution in [0.25, 0.3) is 17.4 Å². The van der Waals surface area contributed by atoms with Gasteiger partial charge in [0.1, 0.15) is 5.76 Å². The Kier molecular flexibility index (Phi) is 7.37. The minimum Gasteiger partial charge on any atom is -0.463 e. The monoisotopic (exact) mass is 497 g/mol. The summed E-state index contributed by atoms with van der Waals surface area (Å²) in [6.07, 6.45) is -7.37. The average Bonchev–Trinajstić information content (AvgIpc) is 3.27. The van der Waals surface area contributed by atoms with Crippen molar-refractivity contribution in [3.8, 4) is 11.3 Å². The maximum absolute atomic E-state index is 13.1. The van der Waals surface area contributed by atoms with Crippen LogP contribution < -0.4 is 5.32 Å². The smallest absolute Gasteiger partial charge is 0.416 e. The van der Waals surface area contributed by atoms with Crippen LogP contribution in [0.15, 0.2) is 65.1 Å². The average molecular weight is 497 g/mol. The number of rotatable bonds is 6. The van der Waals surface area contributed by atoms with Crippen LogP contribution in [0.5, 0.6) is 0 Å². The number of amides is 1. The molecule has 0 bridgehead atoms. The number of ether oxygens (including phenoxy) is 1. The third-order valence-corrected chi connectivity index (χ3v) is 4.54. The number of alkyl halides is 6. The van der Waals surface area contributed by atoms with E-state index in [0.29, 0.717) is 23.4 Å². The van der Waals surface area contributed by atoms with Crippen molar-refractivity contribution < 1.29 is 45.1 Å². The van der Waals surface area contributed by atoms with Gasteiger partial charge in [-0.25, -0.2) is 4.79 Å². The van der Waals surface area contributed by atoms with Crippen LogP contribution in [0.2, 0.25) is 0 Å². The molecule has 3 rings (SSSR count). The van der Waals surface area contributed by atoms with Crippen molar-refractivity contribution in [2.45, 2.75) is 19.3 Å². The second kappa shape index (κ2) is 10.1. The normalized spacial score (nSPS) is 12.1. The maximum Gasteiger partial charge on any atom is 0.416 e. The van der Waals surface area contributed by atoms with Gasteiger partial charge in [0, 0.05) is 17.3 Å². The van der Waals surface area contributed by atoms with E-state index in [0.717, 1.165) is 12.1 Å². The first kappa shape index (κ1) is 25.6. The largest absolute Gasteiger partial charge is 0.463 e. The highest BCUT2D eigenvalue weighted by Crippen LogP contribution is 2.39. The predicted molar refractivity (Wildman–Crippen MR) is 114 cm³/mol. The summed E-state index contributed by atoms with van der Waals surface area (Å²) in [4.78, 5) is 23.9. The minimum atomic E-state index is -5.02. The van der Waals surface area contributed by atoms with E-state index < -0.39 is 40.9 Å². The Morgan fingerprint density at radius 2 is 1.60 bits per heavy atom. The van der Waals surface area contributed by atoms with Gasteiger partial charge < -0.3 is 14.5 Å². The first-order valence-electron chi connectivity index (χ1n) is 10.0. The van der Waals surface area contributed by atoms with Crippen LogP contribution in [0.4, 0.5) is 32.0 Å². The summed E-state index contributed by atoms with van der Waals surface area (Å²) in [6, 6.07) is 9.56. The Bertz CT molecular complexity index is 1230. The molecule has 1 N–H and O–H groups in total. The highest BCUT2D eigenvalue weighted by atomic mass is 19.4. The molecule has 1 aromatic heterocycles. The lowest BCUT2D eigenvalue weighted by Crippen LogP contribution is -2.11. The van der Waals surface area contributed by atoms with Crippen LogP contribution >= 0.6 is 0 Å². The fraction of sp³-hybridized carbons (Fsp3) is 0.167. The van der Waals surface area contributed by atoms with Crippen molar-refractivity contribution in [1.82, 2.24) is 0 Å². The van der Waals surface area contributed by atoms with E-state index in [-0.39, 0.29) is 24.2 Å². The van der Waals surface area contributed by atoms with Gasteiger partial charge in [-0.1, -0.05) is 12.1 Å². The lowest BCUT2D eigenvalue weighted by Gasteiger charge is -2.13. The zero-order chi connectivity index (χ0) is 25.8.